The molecule has 0 saturated carbocycles. The maximum absolute atomic E-state index is 9.82. The van der Waals surface area contributed by atoms with Crippen LogP contribution in [0.5, 0.6) is 0 Å². The summed E-state index contributed by atoms with van der Waals surface area (Å²) in [6.07, 6.45) is 5.90. The summed E-state index contributed by atoms with van der Waals surface area (Å²) in [5, 5.41) is 19.5. The molecule has 2 atom stereocenters. The monoisotopic (exact) mass is 274 g/mol. The second kappa shape index (κ2) is 6.71. The van der Waals surface area contributed by atoms with E-state index >= 15 is 0 Å². The molecule has 0 saturated heterocycles. The van der Waals surface area contributed by atoms with Gasteiger partial charge in [-0.05, 0) is 50.7 Å². The molecule has 104 valence electrons. The number of halogens is 1. The molecule has 0 fully saturated rings. The molecule has 0 amide bonds. The number of allylic oxidation sites excluding steroid dienone is 3. The Morgan fingerprint density at radius 3 is 2.72 bits per heavy atom. The third-order valence-corrected chi connectivity index (χ3v) is 3.31. The van der Waals surface area contributed by atoms with Gasteiger partial charge in [0, 0.05) is 11.6 Å². The lowest BCUT2D eigenvalue weighted by Gasteiger charge is -2.32. The first-order valence-electron chi connectivity index (χ1n) is 6.42. The third kappa shape index (κ3) is 4.73. The number of ether oxygens (including phenoxy) is 1. The summed E-state index contributed by atoms with van der Waals surface area (Å²) in [6, 6.07) is 0. The van der Waals surface area contributed by atoms with E-state index < -0.39 is 5.79 Å². The Balaban J connectivity index is 2.90. The molecule has 18 heavy (non-hydrogen) atoms. The lowest BCUT2D eigenvalue weighted by Crippen LogP contribution is -2.33. The Labute approximate surface area is 114 Å². The average Bonchev–Trinajstić information content (AvgIpc) is 2.23. The van der Waals surface area contributed by atoms with Crippen LogP contribution in [0.2, 0.25) is 0 Å². The van der Waals surface area contributed by atoms with Gasteiger partial charge in [0.15, 0.2) is 5.79 Å². The highest BCUT2D eigenvalue weighted by Gasteiger charge is 2.28. The van der Waals surface area contributed by atoms with Gasteiger partial charge in [-0.3, -0.25) is 0 Å². The quantitative estimate of drug-likeness (QED) is 0.732. The highest BCUT2D eigenvalue weighted by atomic mass is 35.5. The molecule has 2 N–H and O–H groups in total. The van der Waals surface area contributed by atoms with Crippen LogP contribution < -0.4 is 0 Å². The SMILES string of the molecule is CC1CC=CC(Cl)=C1[C@@H](CCCO)OC(C)(C)O. The topological polar surface area (TPSA) is 49.7 Å². The van der Waals surface area contributed by atoms with Crippen molar-refractivity contribution in [3.8, 4) is 0 Å². The minimum atomic E-state index is -1.20. The van der Waals surface area contributed by atoms with Gasteiger partial charge in [0.1, 0.15) is 0 Å². The molecule has 0 aromatic rings. The molecule has 0 spiro atoms. The van der Waals surface area contributed by atoms with E-state index in [1.807, 2.05) is 12.2 Å². The van der Waals surface area contributed by atoms with Crippen molar-refractivity contribution in [3.63, 3.8) is 0 Å². The predicted molar refractivity (Wildman–Crippen MR) is 73.3 cm³/mol. The van der Waals surface area contributed by atoms with Crippen molar-refractivity contribution in [2.24, 2.45) is 5.92 Å². The second-order valence-electron chi connectivity index (χ2n) is 5.26. The summed E-state index contributed by atoms with van der Waals surface area (Å²) in [7, 11) is 0. The first-order chi connectivity index (χ1) is 8.35. The van der Waals surface area contributed by atoms with Crippen LogP contribution in [-0.4, -0.2) is 28.7 Å². The van der Waals surface area contributed by atoms with Gasteiger partial charge >= 0.3 is 0 Å². The van der Waals surface area contributed by atoms with E-state index in [1.165, 1.54) is 0 Å². The molecule has 0 heterocycles. The molecule has 3 nitrogen and oxygen atoms in total. The summed E-state index contributed by atoms with van der Waals surface area (Å²) in [6.45, 7) is 5.43. The van der Waals surface area contributed by atoms with Crippen molar-refractivity contribution in [2.45, 2.75) is 51.9 Å². The maximum Gasteiger partial charge on any atom is 0.160 e. The lowest BCUT2D eigenvalue weighted by molar-refractivity contribution is -0.199. The number of hydrogen-bond donors (Lipinski definition) is 2. The molecule has 0 aliphatic heterocycles. The molecule has 1 aliphatic carbocycles. The van der Waals surface area contributed by atoms with Crippen molar-refractivity contribution in [1.29, 1.82) is 0 Å². The summed E-state index contributed by atoms with van der Waals surface area (Å²) in [5.41, 5.74) is 1.02. The van der Waals surface area contributed by atoms with Gasteiger partial charge in [0.25, 0.3) is 0 Å². The van der Waals surface area contributed by atoms with E-state index in [4.69, 9.17) is 21.4 Å². The fraction of sp³-hybridized carbons (Fsp3) is 0.714. The van der Waals surface area contributed by atoms with E-state index in [-0.39, 0.29) is 12.7 Å². The summed E-state index contributed by atoms with van der Waals surface area (Å²) < 4.78 is 5.69. The Kier molecular flexibility index (Phi) is 5.86. The zero-order valence-corrected chi connectivity index (χ0v) is 12.1. The number of aliphatic hydroxyl groups is 2. The van der Waals surface area contributed by atoms with Gasteiger partial charge in [-0.1, -0.05) is 24.6 Å². The lowest BCUT2D eigenvalue weighted by atomic mass is 9.87. The van der Waals surface area contributed by atoms with Crippen molar-refractivity contribution in [2.75, 3.05) is 6.61 Å². The molecule has 1 aliphatic rings. The molecule has 0 bridgehead atoms. The van der Waals surface area contributed by atoms with Crippen molar-refractivity contribution < 1.29 is 14.9 Å². The second-order valence-corrected chi connectivity index (χ2v) is 5.67. The highest BCUT2D eigenvalue weighted by Crippen LogP contribution is 2.34. The maximum atomic E-state index is 9.82. The van der Waals surface area contributed by atoms with Crippen molar-refractivity contribution in [3.05, 3.63) is 22.8 Å². The molecule has 0 aromatic heterocycles. The van der Waals surface area contributed by atoms with Gasteiger partial charge in [0.2, 0.25) is 0 Å². The van der Waals surface area contributed by atoms with E-state index in [0.717, 1.165) is 12.0 Å². The normalized spacial score (nSPS) is 22.4. The van der Waals surface area contributed by atoms with Gasteiger partial charge in [-0.25, -0.2) is 0 Å². The standard InChI is InChI=1S/C14H23ClO3/c1-10-6-4-7-11(15)13(10)12(8-5-9-16)18-14(2,3)17/h4,7,10,12,16-17H,5-6,8-9H2,1-3H3/t10?,12-/m1/s1. The largest absolute Gasteiger partial charge is 0.396 e. The van der Waals surface area contributed by atoms with Gasteiger partial charge in [0.05, 0.1) is 6.10 Å². The van der Waals surface area contributed by atoms with E-state index in [1.54, 1.807) is 13.8 Å². The van der Waals surface area contributed by atoms with Crippen LogP contribution >= 0.6 is 11.6 Å². The van der Waals surface area contributed by atoms with Crippen LogP contribution in [0.15, 0.2) is 22.8 Å². The summed E-state index contributed by atoms with van der Waals surface area (Å²) >= 11 is 6.25. The van der Waals surface area contributed by atoms with Gasteiger partial charge in [-0.15, -0.1) is 0 Å². The molecule has 1 unspecified atom stereocenters. The Morgan fingerprint density at radius 2 is 2.22 bits per heavy atom. The smallest absolute Gasteiger partial charge is 0.160 e. The zero-order valence-electron chi connectivity index (χ0n) is 11.3. The molecule has 0 radical (unpaired) electrons. The van der Waals surface area contributed by atoms with Crippen molar-refractivity contribution >= 4 is 11.6 Å². The van der Waals surface area contributed by atoms with Crippen molar-refractivity contribution in [1.82, 2.24) is 0 Å². The fourth-order valence-corrected chi connectivity index (χ4v) is 2.61. The molecule has 4 heteroatoms. The molecule has 1 rings (SSSR count). The minimum absolute atomic E-state index is 0.112. The molecule has 0 aromatic carbocycles. The Hall–Kier alpha value is -0.350. The number of rotatable bonds is 6. The third-order valence-electron chi connectivity index (χ3n) is 2.96. The first-order valence-corrected chi connectivity index (χ1v) is 6.80. The van der Waals surface area contributed by atoms with Crippen LogP contribution in [-0.2, 0) is 4.74 Å². The summed E-state index contributed by atoms with van der Waals surface area (Å²) in [4.78, 5) is 0. The zero-order chi connectivity index (χ0) is 13.8. The predicted octanol–water partition coefficient (Wildman–Crippen LogP) is 2.96. The average molecular weight is 275 g/mol. The van der Waals surface area contributed by atoms with Gasteiger partial charge < -0.3 is 14.9 Å². The van der Waals surface area contributed by atoms with Crippen LogP contribution in [0.4, 0.5) is 0 Å². The van der Waals surface area contributed by atoms with E-state index in [9.17, 15) is 5.11 Å². The van der Waals surface area contributed by atoms with E-state index in [0.29, 0.717) is 23.8 Å². The molecular formula is C14H23ClO3. The van der Waals surface area contributed by atoms with E-state index in [2.05, 4.69) is 6.92 Å². The highest BCUT2D eigenvalue weighted by molar-refractivity contribution is 6.31. The van der Waals surface area contributed by atoms with Crippen LogP contribution in [0.1, 0.15) is 40.0 Å². The Bertz CT molecular complexity index is 328. The van der Waals surface area contributed by atoms with Crippen LogP contribution in [0.3, 0.4) is 0 Å². The summed E-state index contributed by atoms with van der Waals surface area (Å²) in [5.74, 6) is -0.904. The minimum Gasteiger partial charge on any atom is -0.396 e. The van der Waals surface area contributed by atoms with Crippen LogP contribution in [0.25, 0.3) is 0 Å². The van der Waals surface area contributed by atoms with Gasteiger partial charge in [-0.2, -0.15) is 0 Å². The number of aliphatic hydroxyl groups excluding tert-OH is 1. The van der Waals surface area contributed by atoms with Crippen LogP contribution in [0, 0.1) is 5.92 Å². The fourth-order valence-electron chi connectivity index (χ4n) is 2.21. The first kappa shape index (κ1) is 15.7. The molecular weight excluding hydrogens is 252 g/mol. The Morgan fingerprint density at radius 1 is 1.56 bits per heavy atom. The number of hydrogen-bond acceptors (Lipinski definition) is 3.